The third-order valence-electron chi connectivity index (χ3n) is 6.82. The number of unbranched alkanes of at least 4 members (excludes halogenated alkanes) is 5. The van der Waals surface area contributed by atoms with Crippen molar-refractivity contribution in [3.05, 3.63) is 90.3 Å². The van der Waals surface area contributed by atoms with Crippen molar-refractivity contribution in [2.75, 3.05) is 30.0 Å². The fourth-order valence-corrected chi connectivity index (χ4v) is 4.54. The molecule has 4 aromatic rings. The lowest BCUT2D eigenvalue weighted by Crippen LogP contribution is -2.12. The zero-order valence-electron chi connectivity index (χ0n) is 24.4. The van der Waals surface area contributed by atoms with Crippen LogP contribution in [-0.4, -0.2) is 29.1 Å². The Kier molecular flexibility index (Phi) is 11.6. The second-order valence-corrected chi connectivity index (χ2v) is 10.4. The predicted octanol–water partition coefficient (Wildman–Crippen LogP) is 7.31. The molecule has 0 saturated carbocycles. The molecule has 3 aromatic carbocycles. The minimum Gasteiger partial charge on any atom is -0.493 e. The summed E-state index contributed by atoms with van der Waals surface area (Å²) in [5.74, 6) is 1.94. The number of nitrogens with one attached hydrogen (secondary N) is 1. The summed E-state index contributed by atoms with van der Waals surface area (Å²) in [6, 6.07) is 19.8. The van der Waals surface area contributed by atoms with Crippen LogP contribution in [0, 0.1) is 0 Å². The molecular formula is C34H41N5O3. The Balaban J connectivity index is 1.13. The molecule has 220 valence electrons. The summed E-state index contributed by atoms with van der Waals surface area (Å²) in [6.07, 6.45) is 13.4. The van der Waals surface area contributed by atoms with E-state index in [1.807, 2.05) is 36.7 Å². The maximum absolute atomic E-state index is 12.5. The third kappa shape index (κ3) is 9.80. The Labute approximate surface area is 248 Å². The SMILES string of the molecule is CCCCCCCCc1cnc(-c2ccc(OCCCOc3ccc(C(=O)Nc4cc(N)cc(N)c4)cc3)cc2)nc1. The summed E-state index contributed by atoms with van der Waals surface area (Å²) in [5, 5.41) is 2.80. The fraction of sp³-hybridized carbons (Fsp3) is 0.324. The molecule has 0 atom stereocenters. The van der Waals surface area contributed by atoms with E-state index in [1.165, 1.54) is 44.1 Å². The van der Waals surface area contributed by atoms with Gasteiger partial charge in [-0.15, -0.1) is 0 Å². The number of hydrogen-bond acceptors (Lipinski definition) is 7. The number of aromatic nitrogens is 2. The topological polar surface area (TPSA) is 125 Å². The van der Waals surface area contributed by atoms with E-state index in [0.29, 0.717) is 48.0 Å². The Morgan fingerprint density at radius 2 is 1.31 bits per heavy atom. The molecule has 0 fully saturated rings. The van der Waals surface area contributed by atoms with Crippen molar-refractivity contribution >= 4 is 23.0 Å². The Morgan fingerprint density at radius 1 is 0.738 bits per heavy atom. The van der Waals surface area contributed by atoms with Gasteiger partial charge in [0.05, 0.1) is 13.2 Å². The highest BCUT2D eigenvalue weighted by atomic mass is 16.5. The summed E-state index contributed by atoms with van der Waals surface area (Å²) >= 11 is 0. The lowest BCUT2D eigenvalue weighted by atomic mass is 10.1. The second kappa shape index (κ2) is 16.0. The van der Waals surface area contributed by atoms with Gasteiger partial charge in [0, 0.05) is 47.0 Å². The lowest BCUT2D eigenvalue weighted by Gasteiger charge is -2.10. The third-order valence-corrected chi connectivity index (χ3v) is 6.82. The number of hydrogen-bond donors (Lipinski definition) is 3. The van der Waals surface area contributed by atoms with E-state index in [-0.39, 0.29) is 5.91 Å². The van der Waals surface area contributed by atoms with Gasteiger partial charge in [-0.1, -0.05) is 39.0 Å². The van der Waals surface area contributed by atoms with E-state index in [1.54, 1.807) is 42.5 Å². The Hall–Kier alpha value is -4.59. The van der Waals surface area contributed by atoms with Gasteiger partial charge in [-0.3, -0.25) is 4.79 Å². The van der Waals surface area contributed by atoms with Crippen LogP contribution in [0.3, 0.4) is 0 Å². The van der Waals surface area contributed by atoms with Gasteiger partial charge in [0.2, 0.25) is 0 Å². The largest absolute Gasteiger partial charge is 0.493 e. The average molecular weight is 568 g/mol. The van der Waals surface area contributed by atoms with Crippen LogP contribution in [0.25, 0.3) is 11.4 Å². The van der Waals surface area contributed by atoms with Crippen LogP contribution >= 0.6 is 0 Å². The molecule has 8 heteroatoms. The van der Waals surface area contributed by atoms with Gasteiger partial charge in [-0.05, 0) is 85.1 Å². The summed E-state index contributed by atoms with van der Waals surface area (Å²) in [5.41, 5.74) is 15.8. The number of nitrogen functional groups attached to an aromatic ring is 2. The fourth-order valence-electron chi connectivity index (χ4n) is 4.54. The molecule has 8 nitrogen and oxygen atoms in total. The molecule has 1 heterocycles. The van der Waals surface area contributed by atoms with Crippen molar-refractivity contribution in [2.24, 2.45) is 0 Å². The number of amides is 1. The van der Waals surface area contributed by atoms with E-state index >= 15 is 0 Å². The van der Waals surface area contributed by atoms with Crippen LogP contribution in [0.1, 0.15) is 67.8 Å². The molecule has 0 saturated heterocycles. The molecule has 0 bridgehead atoms. The number of nitrogens with zero attached hydrogens (tertiary/aromatic N) is 2. The maximum Gasteiger partial charge on any atom is 0.255 e. The second-order valence-electron chi connectivity index (χ2n) is 10.4. The minimum absolute atomic E-state index is 0.252. The normalized spacial score (nSPS) is 10.8. The smallest absolute Gasteiger partial charge is 0.255 e. The van der Waals surface area contributed by atoms with Crippen molar-refractivity contribution in [1.82, 2.24) is 9.97 Å². The quantitative estimate of drug-likeness (QED) is 0.0957. The zero-order valence-corrected chi connectivity index (χ0v) is 24.4. The molecule has 0 unspecified atom stereocenters. The maximum atomic E-state index is 12.5. The van der Waals surface area contributed by atoms with Crippen LogP contribution in [-0.2, 0) is 6.42 Å². The Morgan fingerprint density at radius 3 is 1.93 bits per heavy atom. The van der Waals surface area contributed by atoms with Gasteiger partial charge in [0.1, 0.15) is 11.5 Å². The molecular weight excluding hydrogens is 526 g/mol. The van der Waals surface area contributed by atoms with E-state index < -0.39 is 0 Å². The van der Waals surface area contributed by atoms with E-state index in [2.05, 4.69) is 22.2 Å². The number of aryl methyl sites for hydroxylation is 1. The number of anilines is 3. The summed E-state index contributed by atoms with van der Waals surface area (Å²) < 4.78 is 11.7. The average Bonchev–Trinajstić information content (AvgIpc) is 2.99. The van der Waals surface area contributed by atoms with E-state index in [0.717, 1.165) is 23.6 Å². The lowest BCUT2D eigenvalue weighted by molar-refractivity contribution is 0.102. The van der Waals surface area contributed by atoms with Crippen molar-refractivity contribution in [3.8, 4) is 22.9 Å². The number of nitrogens with two attached hydrogens (primary N) is 2. The molecule has 0 spiro atoms. The van der Waals surface area contributed by atoms with Crippen molar-refractivity contribution in [3.63, 3.8) is 0 Å². The first-order valence-electron chi connectivity index (χ1n) is 14.7. The molecule has 0 aliphatic rings. The minimum atomic E-state index is -0.252. The molecule has 5 N–H and O–H groups in total. The number of rotatable bonds is 16. The van der Waals surface area contributed by atoms with Crippen LogP contribution in [0.4, 0.5) is 17.1 Å². The number of carbonyl (C=O) groups excluding carboxylic acids is 1. The van der Waals surface area contributed by atoms with Crippen molar-refractivity contribution in [2.45, 2.75) is 58.3 Å². The molecule has 0 aliphatic carbocycles. The summed E-state index contributed by atoms with van der Waals surface area (Å²) in [7, 11) is 0. The predicted molar refractivity (Wildman–Crippen MR) is 170 cm³/mol. The first-order chi connectivity index (χ1) is 20.5. The monoisotopic (exact) mass is 567 g/mol. The standard InChI is InChI=1S/C34H41N5O3/c1-2-3-4-5-6-7-9-25-23-37-33(38-24-25)26-10-14-31(15-11-26)41-18-8-19-42-32-16-12-27(13-17-32)34(40)39-30-21-28(35)20-29(36)22-30/h10-17,20-24H,2-9,18-19,35-36H2,1H3,(H,39,40). The number of carbonyl (C=O) groups is 1. The van der Waals surface area contributed by atoms with Crippen molar-refractivity contribution in [1.29, 1.82) is 0 Å². The van der Waals surface area contributed by atoms with Crippen LogP contribution < -0.4 is 26.3 Å². The molecule has 1 amide bonds. The molecule has 0 radical (unpaired) electrons. The van der Waals surface area contributed by atoms with Crippen molar-refractivity contribution < 1.29 is 14.3 Å². The van der Waals surface area contributed by atoms with Gasteiger partial charge in [-0.2, -0.15) is 0 Å². The van der Waals surface area contributed by atoms with E-state index in [4.69, 9.17) is 20.9 Å². The first-order valence-corrected chi connectivity index (χ1v) is 14.7. The van der Waals surface area contributed by atoms with Gasteiger partial charge >= 0.3 is 0 Å². The Bertz CT molecular complexity index is 1370. The van der Waals surface area contributed by atoms with Gasteiger partial charge in [0.25, 0.3) is 5.91 Å². The zero-order chi connectivity index (χ0) is 29.6. The highest BCUT2D eigenvalue weighted by molar-refractivity contribution is 6.04. The van der Waals surface area contributed by atoms with E-state index in [9.17, 15) is 4.79 Å². The van der Waals surface area contributed by atoms with Crippen LogP contribution in [0.2, 0.25) is 0 Å². The van der Waals surface area contributed by atoms with Gasteiger partial charge < -0.3 is 26.3 Å². The first kappa shape index (κ1) is 30.4. The van der Waals surface area contributed by atoms with Gasteiger partial charge in [0.15, 0.2) is 5.82 Å². The summed E-state index contributed by atoms with van der Waals surface area (Å²) in [6.45, 7) is 3.26. The van der Waals surface area contributed by atoms with Crippen LogP contribution in [0.5, 0.6) is 11.5 Å². The van der Waals surface area contributed by atoms with Gasteiger partial charge in [-0.25, -0.2) is 9.97 Å². The van der Waals surface area contributed by atoms with Crippen LogP contribution in [0.15, 0.2) is 79.1 Å². The summed E-state index contributed by atoms with van der Waals surface area (Å²) in [4.78, 5) is 21.6. The number of ether oxygens (including phenoxy) is 2. The molecule has 4 rings (SSSR count). The molecule has 42 heavy (non-hydrogen) atoms. The molecule has 1 aromatic heterocycles. The highest BCUT2D eigenvalue weighted by Gasteiger charge is 2.08. The highest BCUT2D eigenvalue weighted by Crippen LogP contribution is 2.21. The molecule has 0 aliphatic heterocycles. The number of benzene rings is 3.